The van der Waals surface area contributed by atoms with Crippen LogP contribution in [0.1, 0.15) is 24.0 Å². The van der Waals surface area contributed by atoms with E-state index in [0.717, 1.165) is 6.42 Å². The monoisotopic (exact) mass is 220 g/mol. The molecule has 1 aromatic carbocycles. The highest BCUT2D eigenvalue weighted by atomic mass is 19.1. The molecular weight excluding hydrogens is 207 g/mol. The van der Waals surface area contributed by atoms with Crippen LogP contribution in [0.25, 0.3) is 0 Å². The van der Waals surface area contributed by atoms with Crippen LogP contribution in [-0.4, -0.2) is 11.7 Å². The Morgan fingerprint density at radius 2 is 2.25 bits per heavy atom. The van der Waals surface area contributed by atoms with Crippen molar-refractivity contribution in [2.45, 2.75) is 24.9 Å². The maximum Gasteiger partial charge on any atom is 0.147 e. The molecule has 3 rings (SSSR count). The largest absolute Gasteiger partial charge is 0.494 e. The van der Waals surface area contributed by atoms with Gasteiger partial charge in [0.2, 0.25) is 0 Å². The van der Waals surface area contributed by atoms with Crippen LogP contribution in [0.3, 0.4) is 0 Å². The highest BCUT2D eigenvalue weighted by molar-refractivity contribution is 5.43. The van der Waals surface area contributed by atoms with Gasteiger partial charge in [-0.1, -0.05) is 12.1 Å². The third kappa shape index (κ3) is 1.21. The van der Waals surface area contributed by atoms with Crippen LogP contribution in [0, 0.1) is 5.82 Å². The highest BCUT2D eigenvalue weighted by Gasteiger charge is 2.43. The summed E-state index contributed by atoms with van der Waals surface area (Å²) in [6, 6.07) is 4.86. The summed E-state index contributed by atoms with van der Waals surface area (Å²) in [7, 11) is 0. The molecule has 0 spiro atoms. The van der Waals surface area contributed by atoms with Crippen molar-refractivity contribution in [1.29, 1.82) is 0 Å². The Balaban J connectivity index is 2.11. The molecule has 0 fully saturated rings. The molecule has 1 aliphatic heterocycles. The second-order valence-corrected chi connectivity index (χ2v) is 4.33. The van der Waals surface area contributed by atoms with Crippen molar-refractivity contribution in [2.24, 2.45) is 0 Å². The zero-order valence-electron chi connectivity index (χ0n) is 8.87. The summed E-state index contributed by atoms with van der Waals surface area (Å²) in [5.74, 6) is 0.365. The first-order chi connectivity index (χ1) is 7.72. The van der Waals surface area contributed by atoms with Gasteiger partial charge in [-0.05, 0) is 36.1 Å². The summed E-state index contributed by atoms with van der Waals surface area (Å²) in [4.78, 5) is 0. The molecule has 0 bridgehead atoms. The third-order valence-corrected chi connectivity index (χ3v) is 3.41. The van der Waals surface area contributed by atoms with E-state index in [-0.39, 0.29) is 5.82 Å². The number of hydrogen-bond acceptors (Lipinski definition) is 2. The van der Waals surface area contributed by atoms with Gasteiger partial charge >= 0.3 is 0 Å². The SMILES string of the molecule is OC1(C2=CCCO2)CCc2c(F)cccc21. The summed E-state index contributed by atoms with van der Waals surface area (Å²) in [6.45, 7) is 0.613. The van der Waals surface area contributed by atoms with Gasteiger partial charge in [0.25, 0.3) is 0 Å². The average Bonchev–Trinajstić information content (AvgIpc) is 2.88. The number of hydrogen-bond donors (Lipinski definition) is 1. The first-order valence-corrected chi connectivity index (χ1v) is 5.55. The van der Waals surface area contributed by atoms with Crippen LogP contribution in [0.5, 0.6) is 0 Å². The normalized spacial score (nSPS) is 27.5. The van der Waals surface area contributed by atoms with Gasteiger partial charge < -0.3 is 9.84 Å². The Morgan fingerprint density at radius 1 is 1.38 bits per heavy atom. The first kappa shape index (κ1) is 9.85. The maximum atomic E-state index is 13.5. The van der Waals surface area contributed by atoms with E-state index in [9.17, 15) is 9.50 Å². The smallest absolute Gasteiger partial charge is 0.147 e. The van der Waals surface area contributed by atoms with E-state index in [1.807, 2.05) is 6.08 Å². The minimum atomic E-state index is -1.10. The lowest BCUT2D eigenvalue weighted by molar-refractivity contribution is 0.0172. The minimum Gasteiger partial charge on any atom is -0.494 e. The van der Waals surface area contributed by atoms with E-state index in [4.69, 9.17) is 4.74 Å². The molecule has 0 saturated heterocycles. The van der Waals surface area contributed by atoms with Gasteiger partial charge in [-0.2, -0.15) is 0 Å². The maximum absolute atomic E-state index is 13.5. The molecule has 84 valence electrons. The summed E-state index contributed by atoms with van der Waals surface area (Å²) in [6.07, 6.45) is 3.80. The molecule has 0 radical (unpaired) electrons. The first-order valence-electron chi connectivity index (χ1n) is 5.55. The lowest BCUT2D eigenvalue weighted by atomic mass is 9.93. The number of ether oxygens (including phenoxy) is 1. The molecule has 0 saturated carbocycles. The van der Waals surface area contributed by atoms with Crippen molar-refractivity contribution < 1.29 is 14.2 Å². The van der Waals surface area contributed by atoms with Crippen LogP contribution in [0.2, 0.25) is 0 Å². The molecule has 1 heterocycles. The van der Waals surface area contributed by atoms with Gasteiger partial charge in [0.1, 0.15) is 17.2 Å². The fourth-order valence-electron chi connectivity index (χ4n) is 2.60. The van der Waals surface area contributed by atoms with Gasteiger partial charge in [-0.25, -0.2) is 4.39 Å². The van der Waals surface area contributed by atoms with E-state index in [1.165, 1.54) is 6.07 Å². The number of fused-ring (bicyclic) bond motifs is 1. The third-order valence-electron chi connectivity index (χ3n) is 3.41. The topological polar surface area (TPSA) is 29.5 Å². The van der Waals surface area contributed by atoms with Crippen LogP contribution in [-0.2, 0) is 16.8 Å². The minimum absolute atomic E-state index is 0.230. The number of benzene rings is 1. The van der Waals surface area contributed by atoms with Crippen LogP contribution in [0.4, 0.5) is 4.39 Å². The molecular formula is C13H13FO2. The van der Waals surface area contributed by atoms with Crippen molar-refractivity contribution in [3.8, 4) is 0 Å². The van der Waals surface area contributed by atoms with E-state index in [2.05, 4.69) is 0 Å². The number of rotatable bonds is 1. The lowest BCUT2D eigenvalue weighted by Crippen LogP contribution is -2.25. The average molecular weight is 220 g/mol. The zero-order valence-corrected chi connectivity index (χ0v) is 8.87. The second-order valence-electron chi connectivity index (χ2n) is 4.33. The molecule has 0 aromatic heterocycles. The van der Waals surface area contributed by atoms with Gasteiger partial charge in [0.05, 0.1) is 6.61 Å². The Labute approximate surface area is 93.4 Å². The van der Waals surface area contributed by atoms with Crippen molar-refractivity contribution >= 4 is 0 Å². The predicted molar refractivity (Wildman–Crippen MR) is 57.3 cm³/mol. The number of aliphatic hydroxyl groups is 1. The fraction of sp³-hybridized carbons (Fsp3) is 0.385. The molecule has 1 aromatic rings. The molecule has 1 atom stereocenters. The number of halogens is 1. The Morgan fingerprint density at radius 3 is 3.00 bits per heavy atom. The molecule has 3 heteroatoms. The van der Waals surface area contributed by atoms with Gasteiger partial charge in [-0.3, -0.25) is 0 Å². The van der Waals surface area contributed by atoms with E-state index in [0.29, 0.717) is 36.3 Å². The van der Waals surface area contributed by atoms with Gasteiger partial charge in [-0.15, -0.1) is 0 Å². The lowest BCUT2D eigenvalue weighted by Gasteiger charge is -2.24. The Bertz CT molecular complexity index is 467. The van der Waals surface area contributed by atoms with E-state index < -0.39 is 5.60 Å². The molecule has 2 aliphatic rings. The summed E-state index contributed by atoms with van der Waals surface area (Å²) in [5, 5.41) is 10.6. The summed E-state index contributed by atoms with van der Waals surface area (Å²) < 4.78 is 19.0. The highest BCUT2D eigenvalue weighted by Crippen LogP contribution is 2.44. The van der Waals surface area contributed by atoms with Crippen LogP contribution in [0.15, 0.2) is 30.0 Å². The van der Waals surface area contributed by atoms with Crippen molar-refractivity contribution in [3.05, 3.63) is 47.0 Å². The van der Waals surface area contributed by atoms with Crippen molar-refractivity contribution in [3.63, 3.8) is 0 Å². The Hall–Kier alpha value is -1.35. The summed E-state index contributed by atoms with van der Waals surface area (Å²) >= 11 is 0. The molecule has 2 nitrogen and oxygen atoms in total. The van der Waals surface area contributed by atoms with Crippen molar-refractivity contribution in [2.75, 3.05) is 6.61 Å². The zero-order chi connectivity index (χ0) is 11.2. The van der Waals surface area contributed by atoms with Crippen LogP contribution >= 0.6 is 0 Å². The predicted octanol–water partition coefficient (Wildman–Crippen LogP) is 2.26. The molecule has 1 aliphatic carbocycles. The van der Waals surface area contributed by atoms with Crippen molar-refractivity contribution in [1.82, 2.24) is 0 Å². The molecule has 16 heavy (non-hydrogen) atoms. The fourth-order valence-corrected chi connectivity index (χ4v) is 2.60. The molecule has 1 unspecified atom stereocenters. The Kier molecular flexibility index (Phi) is 2.04. The van der Waals surface area contributed by atoms with Gasteiger partial charge in [0.15, 0.2) is 0 Å². The second kappa shape index (κ2) is 3.32. The van der Waals surface area contributed by atoms with Crippen LogP contribution < -0.4 is 0 Å². The standard InChI is InChI=1S/C13H13FO2/c14-11-4-1-3-10-9(11)6-7-13(10,15)12-5-2-8-16-12/h1,3-5,15H,2,6-8H2. The van der Waals surface area contributed by atoms with Gasteiger partial charge in [0, 0.05) is 6.42 Å². The quantitative estimate of drug-likeness (QED) is 0.786. The van der Waals surface area contributed by atoms with E-state index >= 15 is 0 Å². The summed E-state index contributed by atoms with van der Waals surface area (Å²) in [5.41, 5.74) is 0.190. The van der Waals surface area contributed by atoms with E-state index in [1.54, 1.807) is 12.1 Å². The molecule has 1 N–H and O–H groups in total. The molecule has 0 amide bonds.